The van der Waals surface area contributed by atoms with Gasteiger partial charge in [-0.2, -0.15) is 0 Å². The number of piperazine rings is 1. The molecule has 4 nitrogen and oxygen atoms in total. The summed E-state index contributed by atoms with van der Waals surface area (Å²) in [5.74, 6) is -0.200. The third kappa shape index (κ3) is 5.44. The molecule has 1 heterocycles. The third-order valence-corrected chi connectivity index (χ3v) is 3.97. The standard InChI is InChI=1S/C16H24FN3O/c1-2-19-9-11-20(12-10-19)8-7-16(21)18-13-14-3-5-15(17)6-4-14/h3-6H,2,7-13H2,1H3,(H,18,21). The molecule has 1 aliphatic heterocycles. The van der Waals surface area contributed by atoms with E-state index < -0.39 is 0 Å². The Labute approximate surface area is 125 Å². The van der Waals surface area contributed by atoms with Gasteiger partial charge in [-0.05, 0) is 24.2 Å². The minimum absolute atomic E-state index is 0.0530. The molecule has 0 bridgehead atoms. The zero-order valence-electron chi connectivity index (χ0n) is 12.6. The SMILES string of the molecule is CCN1CCN(CCC(=O)NCc2ccc(F)cc2)CC1. The Morgan fingerprint density at radius 1 is 1.14 bits per heavy atom. The molecule has 0 spiro atoms. The number of hydrogen-bond acceptors (Lipinski definition) is 3. The van der Waals surface area contributed by atoms with Crippen molar-refractivity contribution in [3.63, 3.8) is 0 Å². The van der Waals surface area contributed by atoms with Gasteiger partial charge in [0.1, 0.15) is 5.82 Å². The number of rotatable bonds is 6. The molecule has 1 saturated heterocycles. The van der Waals surface area contributed by atoms with Gasteiger partial charge in [-0.1, -0.05) is 19.1 Å². The van der Waals surface area contributed by atoms with Crippen LogP contribution in [0.4, 0.5) is 4.39 Å². The molecule has 2 rings (SSSR count). The topological polar surface area (TPSA) is 35.6 Å². The second kappa shape index (κ2) is 8.10. The summed E-state index contributed by atoms with van der Waals surface area (Å²) < 4.78 is 12.8. The van der Waals surface area contributed by atoms with Crippen LogP contribution < -0.4 is 5.32 Å². The lowest BCUT2D eigenvalue weighted by Gasteiger charge is -2.33. The van der Waals surface area contributed by atoms with E-state index in [1.807, 2.05) is 0 Å². The normalized spacial score (nSPS) is 16.9. The van der Waals surface area contributed by atoms with Crippen LogP contribution in [-0.4, -0.2) is 55.0 Å². The highest BCUT2D eigenvalue weighted by Crippen LogP contribution is 2.04. The molecular formula is C16H24FN3O. The third-order valence-electron chi connectivity index (χ3n) is 3.97. The summed E-state index contributed by atoms with van der Waals surface area (Å²) in [4.78, 5) is 16.6. The molecule has 5 heteroatoms. The van der Waals surface area contributed by atoms with Crippen molar-refractivity contribution in [2.45, 2.75) is 19.9 Å². The lowest BCUT2D eigenvalue weighted by molar-refractivity contribution is -0.121. The highest BCUT2D eigenvalue weighted by Gasteiger charge is 2.15. The maximum atomic E-state index is 12.8. The van der Waals surface area contributed by atoms with E-state index in [4.69, 9.17) is 0 Å². The van der Waals surface area contributed by atoms with E-state index in [1.54, 1.807) is 12.1 Å². The number of carbonyl (C=O) groups is 1. The largest absolute Gasteiger partial charge is 0.352 e. The first-order chi connectivity index (χ1) is 10.2. The van der Waals surface area contributed by atoms with Gasteiger partial charge in [0.05, 0.1) is 0 Å². The van der Waals surface area contributed by atoms with Gasteiger partial charge < -0.3 is 15.1 Å². The van der Waals surface area contributed by atoms with E-state index >= 15 is 0 Å². The number of benzene rings is 1. The fourth-order valence-electron chi connectivity index (χ4n) is 2.48. The van der Waals surface area contributed by atoms with Crippen LogP contribution in [0.2, 0.25) is 0 Å². The molecule has 1 aliphatic rings. The predicted octanol–water partition coefficient (Wildman–Crippen LogP) is 1.47. The maximum Gasteiger partial charge on any atom is 0.221 e. The number of halogens is 1. The quantitative estimate of drug-likeness (QED) is 0.863. The van der Waals surface area contributed by atoms with Crippen molar-refractivity contribution in [2.24, 2.45) is 0 Å². The molecule has 1 N–H and O–H groups in total. The molecule has 1 aromatic carbocycles. The Bertz CT molecular complexity index is 441. The van der Waals surface area contributed by atoms with Crippen molar-refractivity contribution in [1.82, 2.24) is 15.1 Å². The van der Waals surface area contributed by atoms with Crippen molar-refractivity contribution in [3.8, 4) is 0 Å². The first kappa shape index (κ1) is 15.9. The number of carbonyl (C=O) groups excluding carboxylic acids is 1. The summed E-state index contributed by atoms with van der Waals surface area (Å²) in [7, 11) is 0. The number of likely N-dealkylation sites (N-methyl/N-ethyl adjacent to an activating group) is 1. The molecule has 0 aromatic heterocycles. The lowest BCUT2D eigenvalue weighted by Crippen LogP contribution is -2.46. The zero-order chi connectivity index (χ0) is 15.1. The molecule has 0 saturated carbocycles. The fraction of sp³-hybridized carbons (Fsp3) is 0.562. The zero-order valence-corrected chi connectivity index (χ0v) is 12.6. The second-order valence-electron chi connectivity index (χ2n) is 5.43. The van der Waals surface area contributed by atoms with Crippen molar-refractivity contribution < 1.29 is 9.18 Å². The van der Waals surface area contributed by atoms with Crippen molar-refractivity contribution in [2.75, 3.05) is 39.3 Å². The number of nitrogens with one attached hydrogen (secondary N) is 1. The molecule has 1 fully saturated rings. The molecule has 0 unspecified atom stereocenters. The average Bonchev–Trinajstić information content (AvgIpc) is 2.53. The van der Waals surface area contributed by atoms with Crippen molar-refractivity contribution in [3.05, 3.63) is 35.6 Å². The molecule has 1 amide bonds. The number of nitrogens with zero attached hydrogens (tertiary/aromatic N) is 2. The Kier molecular flexibility index (Phi) is 6.14. The van der Waals surface area contributed by atoms with Crippen LogP contribution >= 0.6 is 0 Å². The van der Waals surface area contributed by atoms with Gasteiger partial charge in [0.15, 0.2) is 0 Å². The Morgan fingerprint density at radius 2 is 1.76 bits per heavy atom. The summed E-state index contributed by atoms with van der Waals surface area (Å²) >= 11 is 0. The van der Waals surface area contributed by atoms with Crippen molar-refractivity contribution in [1.29, 1.82) is 0 Å². The average molecular weight is 293 g/mol. The molecule has 0 radical (unpaired) electrons. The van der Waals surface area contributed by atoms with Gasteiger partial charge in [-0.25, -0.2) is 4.39 Å². The summed E-state index contributed by atoms with van der Waals surface area (Å²) in [6.45, 7) is 8.82. The maximum absolute atomic E-state index is 12.8. The first-order valence-electron chi connectivity index (χ1n) is 7.63. The smallest absolute Gasteiger partial charge is 0.221 e. The van der Waals surface area contributed by atoms with Crippen LogP contribution in [-0.2, 0) is 11.3 Å². The van der Waals surface area contributed by atoms with E-state index in [9.17, 15) is 9.18 Å². The highest BCUT2D eigenvalue weighted by molar-refractivity contribution is 5.76. The minimum atomic E-state index is -0.253. The number of hydrogen-bond donors (Lipinski definition) is 1. The molecule has 21 heavy (non-hydrogen) atoms. The minimum Gasteiger partial charge on any atom is -0.352 e. The van der Waals surface area contributed by atoms with E-state index in [1.165, 1.54) is 12.1 Å². The van der Waals surface area contributed by atoms with E-state index in [2.05, 4.69) is 22.0 Å². The van der Waals surface area contributed by atoms with Crippen LogP contribution in [0.3, 0.4) is 0 Å². The first-order valence-corrected chi connectivity index (χ1v) is 7.63. The van der Waals surface area contributed by atoms with Gasteiger partial charge in [-0.3, -0.25) is 4.79 Å². The molecule has 0 aliphatic carbocycles. The van der Waals surface area contributed by atoms with Crippen LogP contribution in [0.1, 0.15) is 18.9 Å². The summed E-state index contributed by atoms with van der Waals surface area (Å²) in [6, 6.07) is 6.21. The molecule has 116 valence electrons. The summed E-state index contributed by atoms with van der Waals surface area (Å²) in [6.07, 6.45) is 0.521. The van der Waals surface area contributed by atoms with Gasteiger partial charge in [0.25, 0.3) is 0 Å². The van der Waals surface area contributed by atoms with Crippen LogP contribution in [0, 0.1) is 5.82 Å². The molecular weight excluding hydrogens is 269 g/mol. The highest BCUT2D eigenvalue weighted by atomic mass is 19.1. The Morgan fingerprint density at radius 3 is 2.38 bits per heavy atom. The van der Waals surface area contributed by atoms with Crippen LogP contribution in [0.15, 0.2) is 24.3 Å². The molecule has 0 atom stereocenters. The van der Waals surface area contributed by atoms with Gasteiger partial charge in [0, 0.05) is 45.7 Å². The summed E-state index contributed by atoms with van der Waals surface area (Å²) in [5.41, 5.74) is 0.918. The second-order valence-corrected chi connectivity index (χ2v) is 5.43. The van der Waals surface area contributed by atoms with E-state index in [-0.39, 0.29) is 11.7 Å². The predicted molar refractivity (Wildman–Crippen MR) is 81.4 cm³/mol. The summed E-state index contributed by atoms with van der Waals surface area (Å²) in [5, 5.41) is 2.88. The van der Waals surface area contributed by atoms with E-state index in [0.717, 1.165) is 44.8 Å². The lowest BCUT2D eigenvalue weighted by atomic mass is 10.2. The van der Waals surface area contributed by atoms with Gasteiger partial charge in [0.2, 0.25) is 5.91 Å². The Balaban J connectivity index is 1.62. The fourth-order valence-corrected chi connectivity index (χ4v) is 2.48. The van der Waals surface area contributed by atoms with Crippen molar-refractivity contribution >= 4 is 5.91 Å². The van der Waals surface area contributed by atoms with Gasteiger partial charge >= 0.3 is 0 Å². The Hall–Kier alpha value is -1.46. The monoisotopic (exact) mass is 293 g/mol. The van der Waals surface area contributed by atoms with Gasteiger partial charge in [-0.15, -0.1) is 0 Å². The van der Waals surface area contributed by atoms with Crippen LogP contribution in [0.5, 0.6) is 0 Å². The molecule has 1 aromatic rings. The van der Waals surface area contributed by atoms with E-state index in [0.29, 0.717) is 13.0 Å². The van der Waals surface area contributed by atoms with Crippen LogP contribution in [0.25, 0.3) is 0 Å². The number of amides is 1.